The molecule has 1 aliphatic rings. The van der Waals surface area contributed by atoms with Gasteiger partial charge in [0, 0.05) is 30.9 Å². The van der Waals surface area contributed by atoms with Crippen molar-refractivity contribution in [1.29, 1.82) is 0 Å². The van der Waals surface area contributed by atoms with Crippen LogP contribution in [0.1, 0.15) is 43.6 Å². The van der Waals surface area contributed by atoms with E-state index in [4.69, 9.17) is 5.11 Å². The van der Waals surface area contributed by atoms with Gasteiger partial charge >= 0.3 is 0 Å². The number of aryl methyl sites for hydroxylation is 1. The van der Waals surface area contributed by atoms with E-state index in [0.717, 1.165) is 43.9 Å². The van der Waals surface area contributed by atoms with Crippen molar-refractivity contribution in [2.45, 2.75) is 59.7 Å². The summed E-state index contributed by atoms with van der Waals surface area (Å²) in [5, 5.41) is 23.6. The van der Waals surface area contributed by atoms with Crippen LogP contribution in [0.25, 0.3) is 0 Å². The van der Waals surface area contributed by atoms with Gasteiger partial charge in [0.1, 0.15) is 0 Å². The Morgan fingerprint density at radius 3 is 2.71 bits per heavy atom. The third kappa shape index (κ3) is 4.05. The normalized spacial score (nSPS) is 23.2. The van der Waals surface area contributed by atoms with Crippen LogP contribution in [0.15, 0.2) is 0 Å². The maximum atomic E-state index is 10.0. The van der Waals surface area contributed by atoms with Gasteiger partial charge in [-0.05, 0) is 32.1 Å². The van der Waals surface area contributed by atoms with Crippen molar-refractivity contribution >= 4 is 0 Å². The van der Waals surface area contributed by atoms with Crippen LogP contribution in [0, 0.1) is 19.3 Å². The van der Waals surface area contributed by atoms with E-state index < -0.39 is 0 Å². The molecule has 0 aliphatic carbocycles. The van der Waals surface area contributed by atoms with E-state index in [0.29, 0.717) is 6.54 Å². The van der Waals surface area contributed by atoms with E-state index in [1.54, 1.807) is 0 Å². The van der Waals surface area contributed by atoms with Crippen LogP contribution in [0.5, 0.6) is 0 Å². The lowest BCUT2D eigenvalue weighted by Gasteiger charge is -2.29. The number of nitrogens with zero attached hydrogens (tertiary/aromatic N) is 3. The van der Waals surface area contributed by atoms with Gasteiger partial charge in [-0.25, -0.2) is 0 Å². The minimum absolute atomic E-state index is 0.115. The second-order valence-corrected chi connectivity index (χ2v) is 7.12. The maximum Gasteiger partial charge on any atom is 0.0644 e. The van der Waals surface area contributed by atoms with Crippen molar-refractivity contribution in [3.05, 3.63) is 17.0 Å². The van der Waals surface area contributed by atoms with E-state index in [9.17, 15) is 5.11 Å². The molecular weight excluding hydrogens is 266 g/mol. The molecular formula is C16H29N3O2. The molecule has 1 saturated heterocycles. The Kier molecular flexibility index (Phi) is 5.07. The van der Waals surface area contributed by atoms with Crippen molar-refractivity contribution in [3.63, 3.8) is 0 Å². The molecule has 1 fully saturated rings. The fraction of sp³-hybridized carbons (Fsp3) is 0.812. The Bertz CT molecular complexity index is 482. The Labute approximate surface area is 127 Å². The van der Waals surface area contributed by atoms with Crippen LogP contribution in [0.4, 0.5) is 0 Å². The molecule has 5 heteroatoms. The lowest BCUT2D eigenvalue weighted by atomic mass is 9.87. The van der Waals surface area contributed by atoms with Crippen LogP contribution in [-0.2, 0) is 13.1 Å². The third-order valence-electron chi connectivity index (χ3n) is 4.44. The molecule has 2 rings (SSSR count). The molecule has 1 aliphatic heterocycles. The largest absolute Gasteiger partial charge is 0.394 e. The van der Waals surface area contributed by atoms with Crippen molar-refractivity contribution in [2.75, 3.05) is 19.7 Å². The number of hydrogen-bond acceptors (Lipinski definition) is 4. The van der Waals surface area contributed by atoms with Crippen molar-refractivity contribution in [3.8, 4) is 0 Å². The monoisotopic (exact) mass is 295 g/mol. The number of aromatic nitrogens is 2. The second-order valence-electron chi connectivity index (χ2n) is 7.12. The molecule has 1 aromatic heterocycles. The average Bonchev–Trinajstić information content (AvgIpc) is 2.55. The predicted molar refractivity (Wildman–Crippen MR) is 83.1 cm³/mol. The molecule has 21 heavy (non-hydrogen) atoms. The van der Waals surface area contributed by atoms with Gasteiger partial charge in [0.25, 0.3) is 0 Å². The fourth-order valence-electron chi connectivity index (χ4n) is 3.45. The summed E-state index contributed by atoms with van der Waals surface area (Å²) in [4.78, 5) is 2.43. The average molecular weight is 295 g/mol. The van der Waals surface area contributed by atoms with E-state index in [-0.39, 0.29) is 18.1 Å². The number of rotatable bonds is 4. The number of hydrogen-bond donors (Lipinski definition) is 2. The molecule has 0 unspecified atom stereocenters. The Morgan fingerprint density at radius 1 is 1.33 bits per heavy atom. The summed E-state index contributed by atoms with van der Waals surface area (Å²) in [7, 11) is 0. The molecule has 120 valence electrons. The van der Waals surface area contributed by atoms with Crippen molar-refractivity contribution in [1.82, 2.24) is 14.7 Å². The zero-order chi connectivity index (χ0) is 15.6. The van der Waals surface area contributed by atoms with Crippen LogP contribution in [0.2, 0.25) is 0 Å². The highest BCUT2D eigenvalue weighted by Crippen LogP contribution is 2.29. The predicted octanol–water partition coefficient (Wildman–Crippen LogP) is 1.48. The second kappa shape index (κ2) is 6.46. The summed E-state index contributed by atoms with van der Waals surface area (Å²) in [5.41, 5.74) is 3.59. The Balaban J connectivity index is 2.14. The maximum absolute atomic E-state index is 10.0. The molecule has 1 aromatic rings. The summed E-state index contributed by atoms with van der Waals surface area (Å²) in [6.45, 7) is 12.0. The molecule has 1 atom stereocenters. The summed E-state index contributed by atoms with van der Waals surface area (Å²) in [6.07, 6.45) is 1.52. The van der Waals surface area contributed by atoms with Crippen LogP contribution in [0.3, 0.4) is 0 Å². The minimum Gasteiger partial charge on any atom is -0.394 e. The van der Waals surface area contributed by atoms with Crippen LogP contribution < -0.4 is 0 Å². The summed E-state index contributed by atoms with van der Waals surface area (Å²) in [5.74, 6) is 0. The van der Waals surface area contributed by atoms with Crippen LogP contribution >= 0.6 is 0 Å². The number of aliphatic hydroxyl groups is 2. The van der Waals surface area contributed by atoms with Crippen molar-refractivity contribution in [2.24, 2.45) is 5.41 Å². The van der Waals surface area contributed by atoms with Gasteiger partial charge in [0.2, 0.25) is 0 Å². The van der Waals surface area contributed by atoms with E-state index >= 15 is 0 Å². The standard InChI is InChI=1S/C16H29N3O2/c1-12-15(13(2)19(17-12)7-8-20)10-18-6-5-14(21)9-16(3,4)11-18/h14,20-21H,5-11H2,1-4H3/t14-/m0/s1. The smallest absolute Gasteiger partial charge is 0.0644 e. The topological polar surface area (TPSA) is 61.5 Å². The third-order valence-corrected chi connectivity index (χ3v) is 4.44. The van der Waals surface area contributed by atoms with Gasteiger partial charge in [0.05, 0.1) is 24.9 Å². The lowest BCUT2D eigenvalue weighted by molar-refractivity contribution is 0.121. The van der Waals surface area contributed by atoms with Gasteiger partial charge in [-0.2, -0.15) is 5.10 Å². The molecule has 0 spiro atoms. The molecule has 0 amide bonds. The first-order valence-corrected chi connectivity index (χ1v) is 7.86. The van der Waals surface area contributed by atoms with E-state index in [2.05, 4.69) is 30.8 Å². The fourth-order valence-corrected chi connectivity index (χ4v) is 3.45. The SMILES string of the molecule is Cc1nn(CCO)c(C)c1CN1CC[C@H](O)CC(C)(C)C1. The molecule has 2 N–H and O–H groups in total. The first kappa shape index (κ1) is 16.5. The van der Waals surface area contributed by atoms with Gasteiger partial charge < -0.3 is 10.2 Å². The zero-order valence-corrected chi connectivity index (χ0v) is 13.8. The summed E-state index contributed by atoms with van der Waals surface area (Å²) < 4.78 is 1.89. The van der Waals surface area contributed by atoms with Gasteiger partial charge in [-0.3, -0.25) is 9.58 Å². The summed E-state index contributed by atoms with van der Waals surface area (Å²) >= 11 is 0. The highest BCUT2D eigenvalue weighted by molar-refractivity contribution is 5.24. The highest BCUT2D eigenvalue weighted by atomic mass is 16.3. The zero-order valence-electron chi connectivity index (χ0n) is 13.8. The van der Waals surface area contributed by atoms with Gasteiger partial charge in [-0.15, -0.1) is 0 Å². The van der Waals surface area contributed by atoms with Crippen LogP contribution in [-0.4, -0.2) is 50.7 Å². The Morgan fingerprint density at radius 2 is 2.05 bits per heavy atom. The van der Waals surface area contributed by atoms with E-state index in [1.807, 2.05) is 11.6 Å². The van der Waals surface area contributed by atoms with E-state index in [1.165, 1.54) is 5.56 Å². The Hall–Kier alpha value is -0.910. The minimum atomic E-state index is -0.190. The van der Waals surface area contributed by atoms with Crippen molar-refractivity contribution < 1.29 is 10.2 Å². The molecule has 0 bridgehead atoms. The number of likely N-dealkylation sites (tertiary alicyclic amines) is 1. The molecule has 0 aromatic carbocycles. The summed E-state index contributed by atoms with van der Waals surface area (Å²) in [6, 6.07) is 0. The quantitative estimate of drug-likeness (QED) is 0.883. The lowest BCUT2D eigenvalue weighted by Crippen LogP contribution is -2.32. The molecule has 5 nitrogen and oxygen atoms in total. The van der Waals surface area contributed by atoms with Gasteiger partial charge in [0.15, 0.2) is 0 Å². The first-order valence-electron chi connectivity index (χ1n) is 7.86. The number of aliphatic hydroxyl groups excluding tert-OH is 2. The molecule has 0 radical (unpaired) electrons. The molecule has 2 heterocycles. The molecule has 0 saturated carbocycles. The first-order chi connectivity index (χ1) is 9.82. The highest BCUT2D eigenvalue weighted by Gasteiger charge is 2.29. The van der Waals surface area contributed by atoms with Gasteiger partial charge in [-0.1, -0.05) is 13.8 Å².